The molecule has 0 heterocycles. The minimum absolute atomic E-state index is 0.437. The number of nitrogens with two attached hydrogens (primary N) is 2. The summed E-state index contributed by atoms with van der Waals surface area (Å²) in [5, 5.41) is 0. The van der Waals surface area contributed by atoms with Gasteiger partial charge in [0.25, 0.3) is 0 Å². The highest BCUT2D eigenvalue weighted by Crippen LogP contribution is 2.30. The molecule has 6 heteroatoms. The third-order valence-electron chi connectivity index (χ3n) is 3.58. The molecular formula is C21H18BrF3N2. The van der Waals surface area contributed by atoms with Crippen LogP contribution in [0.4, 0.5) is 24.5 Å². The normalized spacial score (nSPS) is 11.1. The molecular weight excluding hydrogens is 417 g/mol. The van der Waals surface area contributed by atoms with Gasteiger partial charge in [-0.15, -0.1) is 0 Å². The molecule has 0 atom stereocenters. The van der Waals surface area contributed by atoms with Crippen molar-refractivity contribution in [3.63, 3.8) is 0 Å². The zero-order chi connectivity index (χ0) is 19.9. The van der Waals surface area contributed by atoms with E-state index in [9.17, 15) is 13.2 Å². The van der Waals surface area contributed by atoms with E-state index in [1.54, 1.807) is 12.1 Å². The summed E-state index contributed by atoms with van der Waals surface area (Å²) in [6, 6.07) is 20.7. The molecule has 0 saturated carbocycles. The molecule has 0 aliphatic carbocycles. The number of para-hydroxylation sites is 1. The summed E-state index contributed by atoms with van der Waals surface area (Å²) in [5.41, 5.74) is 14.3. The Bertz CT molecular complexity index is 907. The van der Waals surface area contributed by atoms with Crippen LogP contribution in [0, 0.1) is 0 Å². The fraction of sp³-hybridized carbons (Fsp3) is 0.0476. The smallest absolute Gasteiger partial charge is 0.397 e. The number of benzene rings is 3. The maximum absolute atomic E-state index is 11.9. The SMILES string of the molecule is FC(F)(F)c1cccc(Br)c1.Nc1cccc(C=Cc2ccccc2)c1N. The van der Waals surface area contributed by atoms with Crippen LogP contribution in [-0.4, -0.2) is 0 Å². The molecule has 0 aliphatic heterocycles. The molecule has 2 nitrogen and oxygen atoms in total. The Balaban J connectivity index is 0.000000208. The molecule has 0 spiro atoms. The van der Waals surface area contributed by atoms with Crippen molar-refractivity contribution in [1.82, 2.24) is 0 Å². The first-order valence-corrected chi connectivity index (χ1v) is 8.76. The van der Waals surface area contributed by atoms with Gasteiger partial charge in [0.2, 0.25) is 0 Å². The summed E-state index contributed by atoms with van der Waals surface area (Å²) < 4.78 is 36.3. The lowest BCUT2D eigenvalue weighted by molar-refractivity contribution is -0.137. The van der Waals surface area contributed by atoms with Gasteiger partial charge in [-0.1, -0.05) is 76.6 Å². The zero-order valence-corrected chi connectivity index (χ0v) is 15.8. The molecule has 27 heavy (non-hydrogen) atoms. The van der Waals surface area contributed by atoms with E-state index in [4.69, 9.17) is 11.5 Å². The second-order valence-corrected chi connectivity index (χ2v) is 6.52. The Morgan fingerprint density at radius 3 is 2.04 bits per heavy atom. The molecule has 3 aromatic rings. The maximum atomic E-state index is 11.9. The minimum atomic E-state index is -4.25. The Hall–Kier alpha value is -2.73. The summed E-state index contributed by atoms with van der Waals surface area (Å²) in [5.74, 6) is 0. The molecule has 4 N–H and O–H groups in total. The van der Waals surface area contributed by atoms with Gasteiger partial charge in [-0.2, -0.15) is 13.2 Å². The number of hydrogen-bond donors (Lipinski definition) is 2. The van der Waals surface area contributed by atoms with Crippen LogP contribution in [0.2, 0.25) is 0 Å². The second kappa shape index (κ2) is 9.28. The fourth-order valence-corrected chi connectivity index (χ4v) is 2.56. The van der Waals surface area contributed by atoms with Gasteiger partial charge in [0.15, 0.2) is 0 Å². The zero-order valence-electron chi connectivity index (χ0n) is 14.2. The highest BCUT2D eigenvalue weighted by atomic mass is 79.9. The summed E-state index contributed by atoms with van der Waals surface area (Å²) >= 11 is 2.95. The number of nitrogen functional groups attached to an aromatic ring is 2. The van der Waals surface area contributed by atoms with Crippen molar-refractivity contribution in [3.05, 3.63) is 94.0 Å². The fourth-order valence-electron chi connectivity index (χ4n) is 2.16. The topological polar surface area (TPSA) is 52.0 Å². The summed E-state index contributed by atoms with van der Waals surface area (Å²) in [6.07, 6.45) is -0.254. The van der Waals surface area contributed by atoms with Gasteiger partial charge in [-0.25, -0.2) is 0 Å². The molecule has 0 aromatic heterocycles. The highest BCUT2D eigenvalue weighted by Gasteiger charge is 2.30. The standard InChI is InChI=1S/C14H14N2.C7H4BrF3/c15-13-8-4-7-12(14(13)16)10-9-11-5-2-1-3-6-11;8-6-3-1-2-5(4-6)7(9,10)11/h1-10H,15-16H2;1-4H. The molecule has 0 unspecified atom stereocenters. The molecule has 0 fully saturated rings. The third kappa shape index (κ3) is 6.49. The van der Waals surface area contributed by atoms with E-state index < -0.39 is 11.7 Å². The Kier molecular flexibility index (Phi) is 7.07. The van der Waals surface area contributed by atoms with Crippen molar-refractivity contribution < 1.29 is 13.2 Å². The lowest BCUT2D eigenvalue weighted by Crippen LogP contribution is -2.03. The number of hydrogen-bond acceptors (Lipinski definition) is 2. The van der Waals surface area contributed by atoms with Crippen LogP contribution in [0.3, 0.4) is 0 Å². The number of rotatable bonds is 2. The van der Waals surface area contributed by atoms with Crippen molar-refractivity contribution in [1.29, 1.82) is 0 Å². The van der Waals surface area contributed by atoms with E-state index >= 15 is 0 Å². The van der Waals surface area contributed by atoms with Crippen molar-refractivity contribution in [2.45, 2.75) is 6.18 Å². The van der Waals surface area contributed by atoms with Crippen LogP contribution < -0.4 is 11.5 Å². The van der Waals surface area contributed by atoms with Crippen molar-refractivity contribution >= 4 is 39.5 Å². The first kappa shape index (κ1) is 20.6. The van der Waals surface area contributed by atoms with E-state index in [1.165, 1.54) is 6.07 Å². The van der Waals surface area contributed by atoms with Crippen molar-refractivity contribution in [3.8, 4) is 0 Å². The first-order valence-electron chi connectivity index (χ1n) is 7.97. The van der Waals surface area contributed by atoms with Gasteiger partial charge >= 0.3 is 6.18 Å². The van der Waals surface area contributed by atoms with E-state index in [1.807, 2.05) is 54.6 Å². The Morgan fingerprint density at radius 1 is 0.778 bits per heavy atom. The minimum Gasteiger partial charge on any atom is -0.397 e. The second-order valence-electron chi connectivity index (χ2n) is 5.60. The summed E-state index contributed by atoms with van der Waals surface area (Å²) in [7, 11) is 0. The summed E-state index contributed by atoms with van der Waals surface area (Å²) in [4.78, 5) is 0. The molecule has 0 saturated heterocycles. The van der Waals surface area contributed by atoms with Crippen LogP contribution in [0.5, 0.6) is 0 Å². The van der Waals surface area contributed by atoms with Crippen LogP contribution in [0.1, 0.15) is 16.7 Å². The molecule has 0 amide bonds. The van der Waals surface area contributed by atoms with E-state index in [-0.39, 0.29) is 0 Å². The van der Waals surface area contributed by atoms with Crippen molar-refractivity contribution in [2.24, 2.45) is 0 Å². The predicted molar refractivity (Wildman–Crippen MR) is 110 cm³/mol. The van der Waals surface area contributed by atoms with Gasteiger partial charge in [0.05, 0.1) is 16.9 Å². The highest BCUT2D eigenvalue weighted by molar-refractivity contribution is 9.10. The van der Waals surface area contributed by atoms with Gasteiger partial charge < -0.3 is 11.5 Å². The average molecular weight is 435 g/mol. The first-order chi connectivity index (χ1) is 12.8. The third-order valence-corrected chi connectivity index (χ3v) is 4.07. The lowest BCUT2D eigenvalue weighted by atomic mass is 10.1. The van der Waals surface area contributed by atoms with Crippen LogP contribution in [-0.2, 0) is 6.18 Å². The Labute approximate surface area is 164 Å². The van der Waals surface area contributed by atoms with Crippen LogP contribution in [0.15, 0.2) is 77.3 Å². The van der Waals surface area contributed by atoms with Gasteiger partial charge in [0.1, 0.15) is 0 Å². The molecule has 140 valence electrons. The van der Waals surface area contributed by atoms with E-state index in [0.717, 1.165) is 23.3 Å². The number of alkyl halides is 3. The van der Waals surface area contributed by atoms with E-state index in [2.05, 4.69) is 15.9 Å². The van der Waals surface area contributed by atoms with E-state index in [0.29, 0.717) is 15.8 Å². The predicted octanol–water partition coefficient (Wildman–Crippen LogP) is 6.49. The molecule has 3 aromatic carbocycles. The average Bonchev–Trinajstić information content (AvgIpc) is 2.64. The summed E-state index contributed by atoms with van der Waals surface area (Å²) in [6.45, 7) is 0. The largest absolute Gasteiger partial charge is 0.416 e. The molecule has 3 rings (SSSR count). The lowest BCUT2D eigenvalue weighted by Gasteiger charge is -2.05. The van der Waals surface area contributed by atoms with Crippen LogP contribution in [0.25, 0.3) is 12.2 Å². The molecule has 0 radical (unpaired) electrons. The monoisotopic (exact) mass is 434 g/mol. The van der Waals surface area contributed by atoms with Gasteiger partial charge in [-0.05, 0) is 35.4 Å². The van der Waals surface area contributed by atoms with Crippen molar-refractivity contribution in [2.75, 3.05) is 11.5 Å². The molecule has 0 bridgehead atoms. The van der Waals surface area contributed by atoms with Gasteiger partial charge in [-0.3, -0.25) is 0 Å². The van der Waals surface area contributed by atoms with Crippen LogP contribution >= 0.6 is 15.9 Å². The number of anilines is 2. The Morgan fingerprint density at radius 2 is 1.44 bits per heavy atom. The molecule has 0 aliphatic rings. The van der Waals surface area contributed by atoms with Gasteiger partial charge in [0, 0.05) is 4.47 Å². The maximum Gasteiger partial charge on any atom is 0.416 e. The number of halogens is 4. The quantitative estimate of drug-likeness (QED) is 0.357.